The van der Waals surface area contributed by atoms with Crippen molar-refractivity contribution in [2.45, 2.75) is 48.9 Å². The summed E-state index contributed by atoms with van der Waals surface area (Å²) in [5, 5.41) is 10.1. The summed E-state index contributed by atoms with van der Waals surface area (Å²) in [7, 11) is -4.18. The third-order valence-corrected chi connectivity index (χ3v) is 8.38. The van der Waals surface area contributed by atoms with Crippen LogP contribution < -0.4 is 4.74 Å². The Morgan fingerprint density at radius 1 is 1.00 bits per heavy atom. The highest BCUT2D eigenvalue weighted by atomic mass is 35.5. The lowest BCUT2D eigenvalue weighted by molar-refractivity contribution is -0.125. The fraction of sp³-hybridized carbons (Fsp3) is 0.417. The van der Waals surface area contributed by atoms with Crippen molar-refractivity contribution in [2.24, 2.45) is 0 Å². The van der Waals surface area contributed by atoms with Crippen molar-refractivity contribution in [3.63, 3.8) is 0 Å². The maximum Gasteiger partial charge on any atom is 0.410 e. The molecule has 0 radical (unpaired) electrons. The number of aliphatic hydroxyl groups excluding tert-OH is 1. The first kappa shape index (κ1) is 26.0. The molecule has 0 unspecified atom stereocenters. The number of hydrogen-bond acceptors (Lipinski definition) is 7. The summed E-state index contributed by atoms with van der Waals surface area (Å²) in [6.07, 6.45) is -0.854. The molecule has 1 N–H and O–H groups in total. The highest BCUT2D eigenvalue weighted by molar-refractivity contribution is 7.93. The maximum atomic E-state index is 13.6. The molecule has 184 valence electrons. The number of amides is 1. The van der Waals surface area contributed by atoms with Crippen molar-refractivity contribution in [1.82, 2.24) is 4.90 Å². The summed E-state index contributed by atoms with van der Waals surface area (Å²) >= 11 is 5.87. The average Bonchev–Trinajstić information content (AvgIpc) is 2.79. The molecule has 2 aromatic rings. The minimum Gasteiger partial charge on any atom is -0.457 e. The van der Waals surface area contributed by atoms with E-state index in [0.717, 1.165) is 0 Å². The zero-order valence-electron chi connectivity index (χ0n) is 19.3. The van der Waals surface area contributed by atoms with Gasteiger partial charge in [-0.1, -0.05) is 11.6 Å². The molecule has 1 aliphatic rings. The van der Waals surface area contributed by atoms with Gasteiger partial charge in [-0.3, -0.25) is 4.79 Å². The number of carbonyl (C=O) groups is 2. The molecular weight excluding hydrogens is 482 g/mol. The lowest BCUT2D eigenvalue weighted by Crippen LogP contribution is -2.56. The quantitative estimate of drug-likeness (QED) is 0.620. The standard InChI is InChI=1S/C24H28ClNO7S/c1-23(2,3)33-22(29)26-14-12-24(13-15-26,21(28)16-27)34(30,31)20-10-8-19(9-11-20)32-18-6-4-17(25)5-7-18/h4-11,27H,12-16H2,1-3H3. The smallest absolute Gasteiger partial charge is 0.410 e. The Morgan fingerprint density at radius 3 is 1.97 bits per heavy atom. The van der Waals surface area contributed by atoms with E-state index in [1.165, 1.54) is 29.2 Å². The largest absolute Gasteiger partial charge is 0.457 e. The van der Waals surface area contributed by atoms with Gasteiger partial charge in [-0.25, -0.2) is 13.2 Å². The zero-order valence-corrected chi connectivity index (χ0v) is 20.9. The second-order valence-corrected chi connectivity index (χ2v) is 11.8. The van der Waals surface area contributed by atoms with Crippen molar-refractivity contribution < 1.29 is 32.6 Å². The monoisotopic (exact) mass is 509 g/mol. The average molecular weight is 510 g/mol. The van der Waals surface area contributed by atoms with E-state index in [4.69, 9.17) is 21.1 Å². The van der Waals surface area contributed by atoms with Crippen LogP contribution in [0.5, 0.6) is 11.5 Å². The Morgan fingerprint density at radius 2 is 1.50 bits per heavy atom. The predicted octanol–water partition coefficient (Wildman–Crippen LogP) is 4.24. The SMILES string of the molecule is CC(C)(C)OC(=O)N1CCC(C(=O)CO)(S(=O)(=O)c2ccc(Oc3ccc(Cl)cc3)cc2)CC1. The zero-order chi connectivity index (χ0) is 25.1. The van der Waals surface area contributed by atoms with Gasteiger partial charge in [0.2, 0.25) is 0 Å². The number of aliphatic hydroxyl groups is 1. The Balaban J connectivity index is 1.81. The lowest BCUT2D eigenvalue weighted by Gasteiger charge is -2.40. The molecule has 2 aromatic carbocycles. The summed E-state index contributed by atoms with van der Waals surface area (Å²) in [6.45, 7) is 4.32. The minimum absolute atomic E-state index is 0.0116. The molecule has 1 fully saturated rings. The van der Waals surface area contributed by atoms with Gasteiger partial charge in [0.25, 0.3) is 0 Å². The van der Waals surface area contributed by atoms with E-state index < -0.39 is 38.7 Å². The van der Waals surface area contributed by atoms with Gasteiger partial charge in [0.05, 0.1) is 4.90 Å². The number of rotatable bonds is 6. The minimum atomic E-state index is -4.18. The van der Waals surface area contributed by atoms with Crippen LogP contribution in [0.25, 0.3) is 0 Å². The number of ether oxygens (including phenoxy) is 2. The Kier molecular flexibility index (Phi) is 7.59. The summed E-state index contributed by atoms with van der Waals surface area (Å²) in [5.41, 5.74) is -0.700. The van der Waals surface area contributed by atoms with Crippen molar-refractivity contribution in [2.75, 3.05) is 19.7 Å². The van der Waals surface area contributed by atoms with E-state index in [1.807, 2.05) is 0 Å². The van der Waals surface area contributed by atoms with Gasteiger partial charge in [-0.15, -0.1) is 0 Å². The number of carbonyl (C=O) groups excluding carboxylic acids is 2. The molecule has 1 saturated heterocycles. The topological polar surface area (TPSA) is 110 Å². The van der Waals surface area contributed by atoms with Gasteiger partial charge >= 0.3 is 6.09 Å². The number of ketones is 1. The Labute approximate surface area is 204 Å². The lowest BCUT2D eigenvalue weighted by atomic mass is 9.91. The number of benzene rings is 2. The van der Waals surface area contributed by atoms with E-state index in [0.29, 0.717) is 16.5 Å². The molecule has 0 spiro atoms. The van der Waals surface area contributed by atoms with E-state index in [2.05, 4.69) is 0 Å². The summed E-state index contributed by atoms with van der Waals surface area (Å²) in [4.78, 5) is 26.5. The van der Waals surface area contributed by atoms with Gasteiger partial charge in [0.15, 0.2) is 15.6 Å². The molecule has 10 heteroatoms. The van der Waals surface area contributed by atoms with Crippen LogP contribution in [0.15, 0.2) is 53.4 Å². The number of Topliss-reactive ketones (excluding diaryl/α,β-unsaturated/α-hetero) is 1. The second kappa shape index (κ2) is 9.93. The molecule has 8 nitrogen and oxygen atoms in total. The van der Waals surface area contributed by atoms with Crippen molar-refractivity contribution >= 4 is 33.3 Å². The van der Waals surface area contributed by atoms with Crippen LogP contribution in [0, 0.1) is 0 Å². The number of likely N-dealkylation sites (tertiary alicyclic amines) is 1. The molecule has 1 heterocycles. The highest BCUT2D eigenvalue weighted by Gasteiger charge is 2.52. The van der Waals surface area contributed by atoms with Crippen LogP contribution >= 0.6 is 11.6 Å². The Hall–Kier alpha value is -2.62. The van der Waals surface area contributed by atoms with Crippen LogP contribution in [0.3, 0.4) is 0 Å². The molecule has 1 aliphatic heterocycles. The maximum absolute atomic E-state index is 13.6. The van der Waals surface area contributed by atoms with Crippen LogP contribution in [0.2, 0.25) is 5.02 Å². The number of halogens is 1. The molecular formula is C24H28ClNO7S. The van der Waals surface area contributed by atoms with Gasteiger partial charge < -0.3 is 19.5 Å². The molecule has 0 atom stereocenters. The molecule has 0 saturated carbocycles. The number of nitrogens with zero attached hydrogens (tertiary/aromatic N) is 1. The first-order chi connectivity index (χ1) is 15.9. The van der Waals surface area contributed by atoms with E-state index in [1.54, 1.807) is 45.0 Å². The molecule has 1 amide bonds. The van der Waals surface area contributed by atoms with Crippen LogP contribution in [-0.4, -0.2) is 60.3 Å². The summed E-state index contributed by atoms with van der Waals surface area (Å²) in [5.74, 6) is 0.142. The van der Waals surface area contributed by atoms with Crippen molar-refractivity contribution in [3.05, 3.63) is 53.6 Å². The normalized spacial score (nSPS) is 16.1. The first-order valence-electron chi connectivity index (χ1n) is 10.8. The van der Waals surface area contributed by atoms with Crippen molar-refractivity contribution in [1.29, 1.82) is 0 Å². The fourth-order valence-corrected chi connectivity index (χ4v) is 5.93. The molecule has 34 heavy (non-hydrogen) atoms. The highest BCUT2D eigenvalue weighted by Crippen LogP contribution is 2.37. The van der Waals surface area contributed by atoms with Crippen LogP contribution in [-0.2, 0) is 19.4 Å². The van der Waals surface area contributed by atoms with Gasteiger partial charge in [0, 0.05) is 18.1 Å². The summed E-state index contributed by atoms with van der Waals surface area (Å²) < 4.78 is 36.4. The van der Waals surface area contributed by atoms with Gasteiger partial charge in [-0.05, 0) is 82.1 Å². The van der Waals surface area contributed by atoms with Crippen molar-refractivity contribution in [3.8, 4) is 11.5 Å². The van der Waals surface area contributed by atoms with Gasteiger partial charge in [0.1, 0.15) is 28.5 Å². The molecule has 3 rings (SSSR count). The number of sulfone groups is 1. The van der Waals surface area contributed by atoms with Crippen LogP contribution in [0.1, 0.15) is 33.6 Å². The fourth-order valence-electron chi connectivity index (χ4n) is 3.77. The number of piperidine rings is 1. The number of hydrogen-bond donors (Lipinski definition) is 1. The molecule has 0 aromatic heterocycles. The van der Waals surface area contributed by atoms with Crippen LogP contribution in [0.4, 0.5) is 4.79 Å². The second-order valence-electron chi connectivity index (χ2n) is 9.07. The van der Waals surface area contributed by atoms with E-state index >= 15 is 0 Å². The van der Waals surface area contributed by atoms with E-state index in [9.17, 15) is 23.1 Å². The van der Waals surface area contributed by atoms with E-state index in [-0.39, 0.29) is 30.8 Å². The first-order valence-corrected chi connectivity index (χ1v) is 12.6. The predicted molar refractivity (Wildman–Crippen MR) is 127 cm³/mol. The Bertz CT molecular complexity index is 1130. The summed E-state index contributed by atoms with van der Waals surface area (Å²) in [6, 6.07) is 12.4. The van der Waals surface area contributed by atoms with Gasteiger partial charge in [-0.2, -0.15) is 0 Å². The molecule has 0 aliphatic carbocycles. The third-order valence-electron chi connectivity index (χ3n) is 5.57. The molecule has 0 bridgehead atoms. The third kappa shape index (κ3) is 5.54.